The molecule has 0 aliphatic carbocycles. The Labute approximate surface area is 115 Å². The van der Waals surface area contributed by atoms with Crippen molar-refractivity contribution in [3.63, 3.8) is 0 Å². The quantitative estimate of drug-likeness (QED) is 0.890. The Morgan fingerprint density at radius 1 is 1.00 bits per heavy atom. The first-order valence-electron chi connectivity index (χ1n) is 6.57. The van der Waals surface area contributed by atoms with E-state index in [9.17, 15) is 0 Å². The van der Waals surface area contributed by atoms with E-state index in [0.717, 1.165) is 17.1 Å². The van der Waals surface area contributed by atoms with Crippen LogP contribution >= 0.6 is 0 Å². The molecule has 2 heteroatoms. The molecule has 2 N–H and O–H groups in total. The summed E-state index contributed by atoms with van der Waals surface area (Å²) in [6.45, 7) is 7.08. The molecule has 0 saturated carbocycles. The van der Waals surface area contributed by atoms with Crippen LogP contribution < -0.4 is 10.5 Å². The lowest BCUT2D eigenvalue weighted by Crippen LogP contribution is -2.12. The summed E-state index contributed by atoms with van der Waals surface area (Å²) in [7, 11) is 0. The number of para-hydroxylation sites is 1. The van der Waals surface area contributed by atoms with E-state index in [1.807, 2.05) is 42.5 Å². The molecule has 19 heavy (non-hydrogen) atoms. The molecule has 0 spiro atoms. The van der Waals surface area contributed by atoms with Crippen molar-refractivity contribution < 1.29 is 4.74 Å². The Balaban J connectivity index is 2.33. The molecule has 0 unspecified atom stereocenters. The molecule has 2 rings (SSSR count). The van der Waals surface area contributed by atoms with E-state index >= 15 is 0 Å². The molecule has 0 bridgehead atoms. The smallest absolute Gasteiger partial charge is 0.131 e. The van der Waals surface area contributed by atoms with E-state index in [1.54, 1.807) is 0 Å². The highest BCUT2D eigenvalue weighted by molar-refractivity contribution is 5.42. The molecule has 0 saturated heterocycles. The van der Waals surface area contributed by atoms with Crippen LogP contribution in [0.25, 0.3) is 0 Å². The Bertz CT molecular complexity index is 555. The Morgan fingerprint density at radius 2 is 1.74 bits per heavy atom. The zero-order chi connectivity index (χ0) is 13.9. The number of ether oxygens (including phenoxy) is 1. The van der Waals surface area contributed by atoms with Gasteiger partial charge in [-0.3, -0.25) is 0 Å². The summed E-state index contributed by atoms with van der Waals surface area (Å²) in [4.78, 5) is 0. The van der Waals surface area contributed by atoms with Gasteiger partial charge in [0.25, 0.3) is 0 Å². The van der Waals surface area contributed by atoms with E-state index in [1.165, 1.54) is 5.56 Å². The predicted octanol–water partition coefficient (Wildman–Crippen LogP) is 4.24. The number of hydrogen-bond donors (Lipinski definition) is 1. The maximum atomic E-state index is 6.02. The Kier molecular flexibility index (Phi) is 3.91. The summed E-state index contributed by atoms with van der Waals surface area (Å²) in [5.41, 5.74) is 7.99. The van der Waals surface area contributed by atoms with Crippen molar-refractivity contribution in [1.29, 1.82) is 0 Å². The van der Waals surface area contributed by atoms with Crippen molar-refractivity contribution in [1.82, 2.24) is 0 Å². The molecular weight excluding hydrogens is 234 g/mol. The van der Waals surface area contributed by atoms with Crippen molar-refractivity contribution >= 4 is 0 Å². The van der Waals surface area contributed by atoms with Gasteiger partial charge in [0.05, 0.1) is 0 Å². The van der Waals surface area contributed by atoms with Crippen molar-refractivity contribution in [3.05, 3.63) is 59.7 Å². The van der Waals surface area contributed by atoms with Crippen LogP contribution in [0.2, 0.25) is 0 Å². The van der Waals surface area contributed by atoms with Crippen molar-refractivity contribution in [2.45, 2.75) is 32.7 Å². The van der Waals surface area contributed by atoms with Crippen LogP contribution in [0, 0.1) is 0 Å². The summed E-state index contributed by atoms with van der Waals surface area (Å²) in [5.74, 6) is 1.74. The standard InChI is InChI=1S/C17H21NO/c1-17(2,3)15-9-4-5-10-16(15)19-14-8-6-7-13(11-14)12-18/h4-11H,12,18H2,1-3H3. The fraction of sp³-hybridized carbons (Fsp3) is 0.294. The van der Waals surface area contributed by atoms with Gasteiger partial charge in [-0.15, -0.1) is 0 Å². The molecule has 0 radical (unpaired) electrons. The summed E-state index contributed by atoms with van der Waals surface area (Å²) in [6, 6.07) is 16.1. The average Bonchev–Trinajstić information content (AvgIpc) is 2.38. The second kappa shape index (κ2) is 5.45. The summed E-state index contributed by atoms with van der Waals surface area (Å²) in [5, 5.41) is 0. The van der Waals surface area contributed by atoms with Gasteiger partial charge < -0.3 is 10.5 Å². The van der Waals surface area contributed by atoms with Gasteiger partial charge >= 0.3 is 0 Å². The lowest BCUT2D eigenvalue weighted by molar-refractivity contribution is 0.455. The zero-order valence-corrected chi connectivity index (χ0v) is 11.8. The predicted molar refractivity (Wildman–Crippen MR) is 79.5 cm³/mol. The van der Waals surface area contributed by atoms with Crippen molar-refractivity contribution in [2.75, 3.05) is 0 Å². The topological polar surface area (TPSA) is 35.2 Å². The fourth-order valence-corrected chi connectivity index (χ4v) is 2.04. The van der Waals surface area contributed by atoms with E-state index in [0.29, 0.717) is 6.54 Å². The third kappa shape index (κ3) is 3.36. The molecule has 2 aromatic rings. The van der Waals surface area contributed by atoms with Gasteiger partial charge in [-0.25, -0.2) is 0 Å². The SMILES string of the molecule is CC(C)(C)c1ccccc1Oc1cccc(CN)c1. The molecule has 0 atom stereocenters. The summed E-state index contributed by atoms with van der Waals surface area (Å²) >= 11 is 0. The molecule has 0 aliphatic heterocycles. The molecule has 100 valence electrons. The highest BCUT2D eigenvalue weighted by atomic mass is 16.5. The molecular formula is C17H21NO. The molecule has 0 aromatic heterocycles. The molecule has 2 aromatic carbocycles. The number of hydrogen-bond acceptors (Lipinski definition) is 2. The lowest BCUT2D eigenvalue weighted by atomic mass is 9.86. The lowest BCUT2D eigenvalue weighted by Gasteiger charge is -2.22. The van der Waals surface area contributed by atoms with Crippen LogP contribution in [0.4, 0.5) is 0 Å². The van der Waals surface area contributed by atoms with Crippen LogP contribution in [0.1, 0.15) is 31.9 Å². The second-order valence-electron chi connectivity index (χ2n) is 5.70. The first kappa shape index (κ1) is 13.6. The van der Waals surface area contributed by atoms with Crippen LogP contribution in [-0.2, 0) is 12.0 Å². The van der Waals surface area contributed by atoms with Crippen molar-refractivity contribution in [2.24, 2.45) is 5.73 Å². The van der Waals surface area contributed by atoms with Gasteiger partial charge in [-0.1, -0.05) is 51.1 Å². The highest BCUT2D eigenvalue weighted by Crippen LogP contribution is 2.33. The van der Waals surface area contributed by atoms with Crippen LogP contribution in [0.3, 0.4) is 0 Å². The number of rotatable bonds is 3. The minimum atomic E-state index is 0.0576. The first-order chi connectivity index (χ1) is 9.00. The minimum absolute atomic E-state index is 0.0576. The summed E-state index contributed by atoms with van der Waals surface area (Å²) < 4.78 is 6.02. The fourth-order valence-electron chi connectivity index (χ4n) is 2.04. The second-order valence-corrected chi connectivity index (χ2v) is 5.70. The van der Waals surface area contributed by atoms with E-state index < -0.39 is 0 Å². The largest absolute Gasteiger partial charge is 0.457 e. The van der Waals surface area contributed by atoms with E-state index in [-0.39, 0.29) is 5.41 Å². The van der Waals surface area contributed by atoms with Crippen molar-refractivity contribution in [3.8, 4) is 11.5 Å². The van der Waals surface area contributed by atoms with Gasteiger partial charge in [0.2, 0.25) is 0 Å². The minimum Gasteiger partial charge on any atom is -0.457 e. The Morgan fingerprint density at radius 3 is 2.42 bits per heavy atom. The Hall–Kier alpha value is -1.80. The first-order valence-corrected chi connectivity index (χ1v) is 6.57. The maximum Gasteiger partial charge on any atom is 0.131 e. The monoisotopic (exact) mass is 255 g/mol. The molecule has 0 fully saturated rings. The number of nitrogens with two attached hydrogens (primary N) is 1. The van der Waals surface area contributed by atoms with Gasteiger partial charge in [0.15, 0.2) is 0 Å². The molecule has 0 aliphatic rings. The van der Waals surface area contributed by atoms with Gasteiger partial charge in [0, 0.05) is 12.1 Å². The zero-order valence-electron chi connectivity index (χ0n) is 11.8. The maximum absolute atomic E-state index is 6.02. The van der Waals surface area contributed by atoms with Gasteiger partial charge in [-0.2, -0.15) is 0 Å². The highest BCUT2D eigenvalue weighted by Gasteiger charge is 2.18. The molecule has 2 nitrogen and oxygen atoms in total. The van der Waals surface area contributed by atoms with Gasteiger partial charge in [0.1, 0.15) is 11.5 Å². The van der Waals surface area contributed by atoms with Crippen LogP contribution in [0.15, 0.2) is 48.5 Å². The van der Waals surface area contributed by atoms with Crippen LogP contribution in [-0.4, -0.2) is 0 Å². The molecule has 0 heterocycles. The third-order valence-electron chi connectivity index (χ3n) is 3.06. The van der Waals surface area contributed by atoms with Gasteiger partial charge in [-0.05, 0) is 29.2 Å². The number of benzene rings is 2. The van der Waals surface area contributed by atoms with E-state index in [2.05, 4.69) is 26.8 Å². The van der Waals surface area contributed by atoms with Crippen LogP contribution in [0.5, 0.6) is 11.5 Å². The third-order valence-corrected chi connectivity index (χ3v) is 3.06. The summed E-state index contributed by atoms with van der Waals surface area (Å²) in [6.07, 6.45) is 0. The molecule has 0 amide bonds. The normalized spacial score (nSPS) is 11.4. The van der Waals surface area contributed by atoms with E-state index in [4.69, 9.17) is 10.5 Å². The average molecular weight is 255 g/mol.